The Morgan fingerprint density at radius 1 is 1.00 bits per heavy atom. The molecule has 1 heterocycles. The third-order valence-corrected chi connectivity index (χ3v) is 4.70. The van der Waals surface area contributed by atoms with E-state index in [2.05, 4.69) is 6.92 Å². The Balaban J connectivity index is 1.76. The van der Waals surface area contributed by atoms with Crippen LogP contribution in [0.5, 0.6) is 11.5 Å². The number of benzene rings is 1. The molecule has 1 aliphatic carbocycles. The van der Waals surface area contributed by atoms with Crippen LogP contribution in [0.2, 0.25) is 0 Å². The molecule has 0 amide bonds. The molecule has 21 heavy (non-hydrogen) atoms. The average molecular weight is 290 g/mol. The third kappa shape index (κ3) is 3.52. The fourth-order valence-corrected chi connectivity index (χ4v) is 3.35. The van der Waals surface area contributed by atoms with Gasteiger partial charge in [0.1, 0.15) is 0 Å². The van der Waals surface area contributed by atoms with Crippen LogP contribution in [0.1, 0.15) is 57.1 Å². The molecule has 2 atom stereocenters. The maximum absolute atomic E-state index is 10.7. The largest absolute Gasteiger partial charge is 0.489 e. The highest BCUT2D eigenvalue weighted by Crippen LogP contribution is 2.38. The molecule has 0 bridgehead atoms. The summed E-state index contributed by atoms with van der Waals surface area (Å²) >= 11 is 0. The van der Waals surface area contributed by atoms with Gasteiger partial charge >= 0.3 is 0 Å². The zero-order valence-corrected chi connectivity index (χ0v) is 12.9. The summed E-state index contributed by atoms with van der Waals surface area (Å²) in [5.41, 5.74) is 0.971. The molecule has 1 N–H and O–H groups in total. The standard InChI is InChI=1S/C18H26O3/c1-13-11-20-16-9-8-15(10-17(16)21-12-13)18(19)14-6-4-2-3-5-7-14/h8-10,13-14,18-19H,2-7,11-12H2,1H3. The summed E-state index contributed by atoms with van der Waals surface area (Å²) in [7, 11) is 0. The SMILES string of the molecule is CC1COc2ccc(C(O)C3CCCCCC3)cc2OC1. The molecule has 1 aromatic rings. The van der Waals surface area contributed by atoms with E-state index in [1.165, 1.54) is 25.7 Å². The lowest BCUT2D eigenvalue weighted by atomic mass is 9.89. The summed E-state index contributed by atoms with van der Waals surface area (Å²) in [5, 5.41) is 10.7. The van der Waals surface area contributed by atoms with Crippen molar-refractivity contribution in [3.63, 3.8) is 0 Å². The second-order valence-corrected chi connectivity index (χ2v) is 6.63. The Morgan fingerprint density at radius 2 is 1.67 bits per heavy atom. The van der Waals surface area contributed by atoms with E-state index in [-0.39, 0.29) is 6.10 Å². The van der Waals surface area contributed by atoms with Crippen molar-refractivity contribution in [2.24, 2.45) is 11.8 Å². The number of hydrogen-bond acceptors (Lipinski definition) is 3. The quantitative estimate of drug-likeness (QED) is 0.833. The van der Waals surface area contributed by atoms with E-state index in [1.807, 2.05) is 18.2 Å². The fraction of sp³-hybridized carbons (Fsp3) is 0.667. The maximum Gasteiger partial charge on any atom is 0.161 e. The minimum absolute atomic E-state index is 0.377. The molecule has 1 aliphatic heterocycles. The molecule has 3 heteroatoms. The summed E-state index contributed by atoms with van der Waals surface area (Å²) in [4.78, 5) is 0. The third-order valence-electron chi connectivity index (χ3n) is 4.70. The molecular weight excluding hydrogens is 264 g/mol. The number of rotatable bonds is 2. The molecule has 1 saturated carbocycles. The maximum atomic E-state index is 10.7. The first-order valence-corrected chi connectivity index (χ1v) is 8.31. The summed E-state index contributed by atoms with van der Waals surface area (Å²) in [6, 6.07) is 5.92. The van der Waals surface area contributed by atoms with E-state index in [0.29, 0.717) is 25.0 Å². The van der Waals surface area contributed by atoms with Crippen molar-refractivity contribution in [2.45, 2.75) is 51.6 Å². The highest BCUT2D eigenvalue weighted by atomic mass is 16.5. The first-order valence-electron chi connectivity index (χ1n) is 8.31. The summed E-state index contributed by atoms with van der Waals surface area (Å²) < 4.78 is 11.6. The van der Waals surface area contributed by atoms with E-state index < -0.39 is 0 Å². The van der Waals surface area contributed by atoms with Crippen molar-refractivity contribution in [3.8, 4) is 11.5 Å². The minimum Gasteiger partial charge on any atom is -0.489 e. The second-order valence-electron chi connectivity index (χ2n) is 6.63. The number of fused-ring (bicyclic) bond motifs is 1. The molecule has 0 saturated heterocycles. The number of hydrogen-bond donors (Lipinski definition) is 1. The molecule has 2 unspecified atom stereocenters. The van der Waals surface area contributed by atoms with Crippen LogP contribution in [0.3, 0.4) is 0 Å². The number of aliphatic hydroxyl groups excluding tert-OH is 1. The van der Waals surface area contributed by atoms with E-state index in [1.54, 1.807) is 0 Å². The van der Waals surface area contributed by atoms with Crippen molar-refractivity contribution in [2.75, 3.05) is 13.2 Å². The average Bonchev–Trinajstić information content (AvgIpc) is 2.88. The van der Waals surface area contributed by atoms with Gasteiger partial charge in [-0.15, -0.1) is 0 Å². The molecule has 3 rings (SSSR count). The molecule has 0 spiro atoms. The summed E-state index contributed by atoms with van der Waals surface area (Å²) in [5.74, 6) is 2.37. The molecule has 3 nitrogen and oxygen atoms in total. The van der Waals surface area contributed by atoms with Gasteiger partial charge in [0.15, 0.2) is 11.5 Å². The van der Waals surface area contributed by atoms with Crippen molar-refractivity contribution in [1.82, 2.24) is 0 Å². The lowest BCUT2D eigenvalue weighted by Gasteiger charge is -2.22. The molecule has 0 aromatic heterocycles. The van der Waals surface area contributed by atoms with Gasteiger partial charge in [0.25, 0.3) is 0 Å². The Kier molecular flexibility index (Phi) is 4.69. The lowest BCUT2D eigenvalue weighted by molar-refractivity contribution is 0.0984. The van der Waals surface area contributed by atoms with E-state index in [4.69, 9.17) is 9.47 Å². The highest BCUT2D eigenvalue weighted by molar-refractivity contribution is 5.44. The van der Waals surface area contributed by atoms with Crippen LogP contribution in [-0.4, -0.2) is 18.3 Å². The highest BCUT2D eigenvalue weighted by Gasteiger charge is 2.24. The van der Waals surface area contributed by atoms with Gasteiger partial charge in [-0.1, -0.05) is 38.7 Å². The fourth-order valence-electron chi connectivity index (χ4n) is 3.35. The molecule has 0 radical (unpaired) electrons. The van der Waals surface area contributed by atoms with Gasteiger partial charge < -0.3 is 14.6 Å². The summed E-state index contributed by atoms with van der Waals surface area (Å²) in [6.07, 6.45) is 6.98. The van der Waals surface area contributed by atoms with Crippen molar-refractivity contribution in [1.29, 1.82) is 0 Å². The van der Waals surface area contributed by atoms with Gasteiger partial charge in [0.2, 0.25) is 0 Å². The van der Waals surface area contributed by atoms with Gasteiger partial charge in [-0.25, -0.2) is 0 Å². The van der Waals surface area contributed by atoms with Gasteiger partial charge in [0.05, 0.1) is 19.3 Å². The first kappa shape index (κ1) is 14.7. The first-order chi connectivity index (χ1) is 10.2. The van der Waals surface area contributed by atoms with E-state index in [0.717, 1.165) is 29.9 Å². The van der Waals surface area contributed by atoms with E-state index >= 15 is 0 Å². The Bertz CT molecular complexity index is 464. The Labute approximate surface area is 127 Å². The summed E-state index contributed by atoms with van der Waals surface area (Å²) in [6.45, 7) is 3.49. The zero-order valence-electron chi connectivity index (χ0n) is 12.9. The second kappa shape index (κ2) is 6.69. The number of aliphatic hydroxyl groups is 1. The smallest absolute Gasteiger partial charge is 0.161 e. The predicted octanol–water partition coefficient (Wildman–Crippen LogP) is 4.10. The molecule has 2 aliphatic rings. The van der Waals surface area contributed by atoms with Crippen molar-refractivity contribution in [3.05, 3.63) is 23.8 Å². The molecular formula is C18H26O3. The number of ether oxygens (including phenoxy) is 2. The lowest BCUT2D eigenvalue weighted by Crippen LogP contribution is -2.12. The molecule has 116 valence electrons. The molecule has 1 fully saturated rings. The van der Waals surface area contributed by atoms with Crippen LogP contribution in [0, 0.1) is 11.8 Å². The van der Waals surface area contributed by atoms with Crippen LogP contribution in [0.15, 0.2) is 18.2 Å². The van der Waals surface area contributed by atoms with E-state index in [9.17, 15) is 5.11 Å². The Hall–Kier alpha value is -1.22. The zero-order chi connectivity index (χ0) is 14.7. The normalized spacial score (nSPS) is 25.0. The topological polar surface area (TPSA) is 38.7 Å². The van der Waals surface area contributed by atoms with Crippen LogP contribution in [0.25, 0.3) is 0 Å². The van der Waals surface area contributed by atoms with Crippen LogP contribution < -0.4 is 9.47 Å². The molecule has 1 aromatic carbocycles. The van der Waals surface area contributed by atoms with Crippen molar-refractivity contribution < 1.29 is 14.6 Å². The van der Waals surface area contributed by atoms with Crippen LogP contribution in [-0.2, 0) is 0 Å². The van der Waals surface area contributed by atoms with Crippen LogP contribution in [0.4, 0.5) is 0 Å². The Morgan fingerprint density at radius 3 is 2.38 bits per heavy atom. The minimum atomic E-state index is -0.377. The van der Waals surface area contributed by atoms with Gasteiger partial charge in [-0.05, 0) is 36.5 Å². The van der Waals surface area contributed by atoms with Gasteiger partial charge in [-0.3, -0.25) is 0 Å². The van der Waals surface area contributed by atoms with Gasteiger partial charge in [-0.2, -0.15) is 0 Å². The van der Waals surface area contributed by atoms with Crippen molar-refractivity contribution >= 4 is 0 Å². The monoisotopic (exact) mass is 290 g/mol. The van der Waals surface area contributed by atoms with Gasteiger partial charge in [0, 0.05) is 5.92 Å². The van der Waals surface area contributed by atoms with Crippen LogP contribution >= 0.6 is 0 Å². The predicted molar refractivity (Wildman–Crippen MR) is 82.7 cm³/mol.